The zero-order valence-electron chi connectivity index (χ0n) is 11.6. The summed E-state index contributed by atoms with van der Waals surface area (Å²) >= 11 is 0. The Balaban J connectivity index is 2.82. The van der Waals surface area contributed by atoms with Gasteiger partial charge < -0.3 is 19.9 Å². The minimum absolute atomic E-state index is 0.0226. The summed E-state index contributed by atoms with van der Waals surface area (Å²) < 4.78 is 10.3. The topological polar surface area (TPSA) is 67.8 Å². The van der Waals surface area contributed by atoms with E-state index >= 15 is 0 Å². The fourth-order valence-corrected chi connectivity index (χ4v) is 1.78. The first kappa shape index (κ1) is 15.3. The van der Waals surface area contributed by atoms with Crippen molar-refractivity contribution in [2.24, 2.45) is 0 Å². The predicted molar refractivity (Wildman–Crippen MR) is 72.8 cm³/mol. The third kappa shape index (κ3) is 4.13. The van der Waals surface area contributed by atoms with Gasteiger partial charge in [-0.2, -0.15) is 0 Å². The first-order valence-corrected chi connectivity index (χ1v) is 6.30. The van der Waals surface area contributed by atoms with Crippen LogP contribution in [-0.2, 0) is 0 Å². The Hall–Kier alpha value is -1.75. The summed E-state index contributed by atoms with van der Waals surface area (Å²) in [6, 6.07) is 4.99. The van der Waals surface area contributed by atoms with E-state index in [-0.39, 0.29) is 18.6 Å². The van der Waals surface area contributed by atoms with E-state index in [0.29, 0.717) is 23.5 Å². The number of benzene rings is 1. The van der Waals surface area contributed by atoms with Crippen LogP contribution in [0.5, 0.6) is 11.5 Å². The fourth-order valence-electron chi connectivity index (χ4n) is 1.78. The summed E-state index contributed by atoms with van der Waals surface area (Å²) in [6.45, 7) is 2.03. The number of carbonyl (C=O) groups is 1. The second-order valence-electron chi connectivity index (χ2n) is 4.16. The van der Waals surface area contributed by atoms with Crippen LogP contribution >= 0.6 is 0 Å². The molecule has 106 valence electrons. The normalized spacial score (nSPS) is 11.8. The van der Waals surface area contributed by atoms with E-state index in [1.54, 1.807) is 25.3 Å². The number of rotatable bonds is 7. The van der Waals surface area contributed by atoms with E-state index in [9.17, 15) is 4.79 Å². The second-order valence-corrected chi connectivity index (χ2v) is 4.16. The van der Waals surface area contributed by atoms with Gasteiger partial charge in [0.15, 0.2) is 11.5 Å². The monoisotopic (exact) mass is 267 g/mol. The molecule has 5 heteroatoms. The van der Waals surface area contributed by atoms with Crippen molar-refractivity contribution < 1.29 is 19.4 Å². The highest BCUT2D eigenvalue weighted by Crippen LogP contribution is 2.27. The first-order chi connectivity index (χ1) is 9.15. The highest BCUT2D eigenvalue weighted by Gasteiger charge is 2.14. The zero-order valence-corrected chi connectivity index (χ0v) is 11.6. The van der Waals surface area contributed by atoms with E-state index in [2.05, 4.69) is 5.32 Å². The molecule has 0 aliphatic carbocycles. The Morgan fingerprint density at radius 1 is 1.32 bits per heavy atom. The number of aliphatic hydroxyl groups is 1. The van der Waals surface area contributed by atoms with Crippen LogP contribution in [0.2, 0.25) is 0 Å². The Morgan fingerprint density at radius 3 is 2.53 bits per heavy atom. The van der Waals surface area contributed by atoms with E-state index < -0.39 is 0 Å². The Morgan fingerprint density at radius 2 is 2.00 bits per heavy atom. The molecule has 1 rings (SSSR count). The number of amides is 1. The number of hydrogen-bond acceptors (Lipinski definition) is 4. The van der Waals surface area contributed by atoms with Crippen LogP contribution in [0.1, 0.15) is 30.1 Å². The molecule has 0 aliphatic heterocycles. The number of carbonyl (C=O) groups excluding carboxylic acids is 1. The lowest BCUT2D eigenvalue weighted by Crippen LogP contribution is -2.35. The van der Waals surface area contributed by atoms with Crippen molar-refractivity contribution in [1.29, 1.82) is 0 Å². The van der Waals surface area contributed by atoms with Crippen molar-refractivity contribution in [3.05, 3.63) is 23.8 Å². The van der Waals surface area contributed by atoms with Gasteiger partial charge in [0.25, 0.3) is 5.91 Å². The summed E-state index contributed by atoms with van der Waals surface area (Å²) in [4.78, 5) is 12.1. The molecule has 0 bridgehead atoms. The Labute approximate surface area is 113 Å². The van der Waals surface area contributed by atoms with Crippen LogP contribution in [-0.4, -0.2) is 37.9 Å². The smallest absolute Gasteiger partial charge is 0.251 e. The number of hydrogen-bond donors (Lipinski definition) is 2. The molecule has 0 fully saturated rings. The number of ether oxygens (including phenoxy) is 2. The first-order valence-electron chi connectivity index (χ1n) is 6.30. The predicted octanol–water partition coefficient (Wildman–Crippen LogP) is 1.59. The maximum absolute atomic E-state index is 12.1. The lowest BCUT2D eigenvalue weighted by Gasteiger charge is -2.16. The maximum Gasteiger partial charge on any atom is 0.251 e. The number of aliphatic hydroxyl groups excluding tert-OH is 1. The van der Waals surface area contributed by atoms with E-state index in [1.807, 2.05) is 6.92 Å². The summed E-state index contributed by atoms with van der Waals surface area (Å²) in [5, 5.41) is 11.8. The molecule has 1 amide bonds. The van der Waals surface area contributed by atoms with Gasteiger partial charge in [0, 0.05) is 18.2 Å². The van der Waals surface area contributed by atoms with Crippen LogP contribution in [0, 0.1) is 0 Å². The molecule has 5 nitrogen and oxygen atoms in total. The van der Waals surface area contributed by atoms with Gasteiger partial charge in [0.05, 0.1) is 14.2 Å². The third-order valence-electron chi connectivity index (χ3n) is 2.95. The quantitative estimate of drug-likeness (QED) is 0.787. The highest BCUT2D eigenvalue weighted by atomic mass is 16.5. The molecule has 1 aromatic rings. The van der Waals surface area contributed by atoms with Crippen molar-refractivity contribution in [1.82, 2.24) is 5.32 Å². The highest BCUT2D eigenvalue weighted by molar-refractivity contribution is 5.95. The molecule has 0 heterocycles. The van der Waals surface area contributed by atoms with Crippen molar-refractivity contribution in [3.8, 4) is 11.5 Å². The molecule has 0 aliphatic rings. The summed E-state index contributed by atoms with van der Waals surface area (Å²) in [5.74, 6) is 0.924. The molecule has 0 saturated heterocycles. The summed E-state index contributed by atoms with van der Waals surface area (Å²) in [7, 11) is 3.08. The molecular formula is C14H21NO4. The van der Waals surface area contributed by atoms with Crippen molar-refractivity contribution >= 4 is 5.91 Å². The van der Waals surface area contributed by atoms with Crippen molar-refractivity contribution in [2.45, 2.75) is 25.8 Å². The van der Waals surface area contributed by atoms with Gasteiger partial charge in [-0.15, -0.1) is 0 Å². The van der Waals surface area contributed by atoms with Gasteiger partial charge in [-0.1, -0.05) is 6.92 Å². The molecule has 0 saturated carbocycles. The molecule has 2 N–H and O–H groups in total. The Bertz CT molecular complexity index is 420. The minimum atomic E-state index is -0.179. The molecular weight excluding hydrogens is 246 g/mol. The van der Waals surface area contributed by atoms with Gasteiger partial charge in [0.2, 0.25) is 0 Å². The average Bonchev–Trinajstić information content (AvgIpc) is 2.45. The summed E-state index contributed by atoms with van der Waals surface area (Å²) in [5.41, 5.74) is 0.508. The lowest BCUT2D eigenvalue weighted by molar-refractivity contribution is 0.0928. The number of methoxy groups -OCH3 is 2. The van der Waals surface area contributed by atoms with Gasteiger partial charge in [0.1, 0.15) is 0 Å². The lowest BCUT2D eigenvalue weighted by atomic mass is 10.1. The summed E-state index contributed by atoms with van der Waals surface area (Å²) in [6.07, 6.45) is 1.33. The molecule has 19 heavy (non-hydrogen) atoms. The van der Waals surface area contributed by atoms with Crippen molar-refractivity contribution in [2.75, 3.05) is 20.8 Å². The van der Waals surface area contributed by atoms with Gasteiger partial charge in [-0.25, -0.2) is 0 Å². The largest absolute Gasteiger partial charge is 0.493 e. The molecule has 1 aromatic carbocycles. The minimum Gasteiger partial charge on any atom is -0.493 e. The van der Waals surface area contributed by atoms with E-state index in [0.717, 1.165) is 6.42 Å². The molecule has 0 radical (unpaired) electrons. The molecule has 1 unspecified atom stereocenters. The third-order valence-corrected chi connectivity index (χ3v) is 2.95. The fraction of sp³-hybridized carbons (Fsp3) is 0.500. The molecule has 0 aromatic heterocycles. The SMILES string of the molecule is CCC(CCO)NC(=O)c1ccc(OC)c(OC)c1. The van der Waals surface area contributed by atoms with Crippen LogP contribution in [0.4, 0.5) is 0 Å². The van der Waals surface area contributed by atoms with Crippen LogP contribution in [0.3, 0.4) is 0 Å². The van der Waals surface area contributed by atoms with E-state index in [4.69, 9.17) is 14.6 Å². The molecule has 0 spiro atoms. The number of nitrogens with one attached hydrogen (secondary N) is 1. The maximum atomic E-state index is 12.1. The van der Waals surface area contributed by atoms with Crippen molar-refractivity contribution in [3.63, 3.8) is 0 Å². The van der Waals surface area contributed by atoms with Crippen LogP contribution in [0.25, 0.3) is 0 Å². The van der Waals surface area contributed by atoms with Crippen LogP contribution in [0.15, 0.2) is 18.2 Å². The van der Waals surface area contributed by atoms with Gasteiger partial charge in [-0.3, -0.25) is 4.79 Å². The van der Waals surface area contributed by atoms with Gasteiger partial charge in [-0.05, 0) is 31.0 Å². The second kappa shape index (κ2) is 7.63. The standard InChI is InChI=1S/C14H21NO4/c1-4-11(7-8-16)15-14(17)10-5-6-12(18-2)13(9-10)19-3/h5-6,9,11,16H,4,7-8H2,1-3H3,(H,15,17). The van der Waals surface area contributed by atoms with Crippen LogP contribution < -0.4 is 14.8 Å². The molecule has 1 atom stereocenters. The Kier molecular flexibility index (Phi) is 6.15. The van der Waals surface area contributed by atoms with E-state index in [1.165, 1.54) is 7.11 Å². The zero-order chi connectivity index (χ0) is 14.3. The average molecular weight is 267 g/mol. The van der Waals surface area contributed by atoms with Gasteiger partial charge >= 0.3 is 0 Å².